The third-order valence-electron chi connectivity index (χ3n) is 3.64. The smallest absolute Gasteiger partial charge is 0.339 e. The van der Waals surface area contributed by atoms with Crippen LogP contribution >= 0.6 is 0 Å². The zero-order valence-electron chi connectivity index (χ0n) is 14.7. The van der Waals surface area contributed by atoms with Gasteiger partial charge < -0.3 is 20.0 Å². The van der Waals surface area contributed by atoms with E-state index in [1.54, 1.807) is 42.5 Å². The lowest BCUT2D eigenvalue weighted by Gasteiger charge is -2.11. The Labute approximate surface area is 162 Å². The quantitative estimate of drug-likeness (QED) is 0.468. The highest BCUT2D eigenvalue weighted by molar-refractivity contribution is 7.87. The Hall–Kier alpha value is -3.52. The monoisotopic (exact) mass is 398 g/mol. The molecule has 0 aliphatic carbocycles. The highest BCUT2D eigenvalue weighted by Gasteiger charge is 2.18. The molecule has 28 heavy (non-hydrogen) atoms. The van der Waals surface area contributed by atoms with Gasteiger partial charge in [0.1, 0.15) is 16.4 Å². The summed E-state index contributed by atoms with van der Waals surface area (Å²) in [5, 5.41) is 2.67. The first-order valence-electron chi connectivity index (χ1n) is 8.31. The lowest BCUT2D eigenvalue weighted by molar-refractivity contribution is -0.118. The Morgan fingerprint density at radius 2 is 1.57 bits per heavy atom. The van der Waals surface area contributed by atoms with E-state index >= 15 is 0 Å². The number of hydrogen-bond acceptors (Lipinski definition) is 6. The van der Waals surface area contributed by atoms with Crippen molar-refractivity contribution in [2.75, 3.05) is 17.7 Å². The average Bonchev–Trinajstić information content (AvgIpc) is 2.68. The van der Waals surface area contributed by atoms with Gasteiger partial charge in [-0.25, -0.2) is 0 Å². The predicted octanol–water partition coefficient (Wildman–Crippen LogP) is 3.05. The van der Waals surface area contributed by atoms with Crippen molar-refractivity contribution in [3.8, 4) is 11.5 Å². The molecule has 0 bridgehead atoms. The number of amides is 1. The first-order chi connectivity index (χ1) is 13.4. The molecule has 0 fully saturated rings. The molecule has 0 saturated heterocycles. The van der Waals surface area contributed by atoms with E-state index in [0.29, 0.717) is 5.69 Å². The maximum atomic E-state index is 12.4. The lowest BCUT2D eigenvalue weighted by Crippen LogP contribution is -2.20. The van der Waals surface area contributed by atoms with Crippen LogP contribution in [-0.4, -0.2) is 20.9 Å². The second-order valence-electron chi connectivity index (χ2n) is 5.75. The molecular weight excluding hydrogens is 380 g/mol. The molecule has 0 aliphatic heterocycles. The Bertz CT molecular complexity index is 1050. The zero-order valence-corrected chi connectivity index (χ0v) is 15.6. The van der Waals surface area contributed by atoms with E-state index in [2.05, 4.69) is 5.32 Å². The molecule has 144 valence electrons. The summed E-state index contributed by atoms with van der Waals surface area (Å²) >= 11 is 0. The molecular formula is C20H18N2O5S. The van der Waals surface area contributed by atoms with Crippen LogP contribution in [-0.2, 0) is 14.9 Å². The van der Waals surface area contributed by atoms with Gasteiger partial charge in [0.2, 0.25) is 0 Å². The average molecular weight is 398 g/mol. The number of hydrogen-bond donors (Lipinski definition) is 2. The molecule has 0 atom stereocenters. The Balaban J connectivity index is 1.64. The van der Waals surface area contributed by atoms with Gasteiger partial charge in [0, 0.05) is 5.69 Å². The van der Waals surface area contributed by atoms with Gasteiger partial charge in [0.25, 0.3) is 5.91 Å². The summed E-state index contributed by atoms with van der Waals surface area (Å²) in [5.41, 5.74) is 6.59. The largest absolute Gasteiger partial charge is 0.482 e. The standard InChI is InChI=1S/C20H18N2O5S/c21-18-13-17(28(24,25)27-16-9-5-2-6-10-16)11-12-19(18)26-14-20(23)22-15-7-3-1-4-8-15/h1-13H,14,21H2,(H,22,23). The van der Waals surface area contributed by atoms with Crippen molar-refractivity contribution in [2.45, 2.75) is 4.90 Å². The number of benzene rings is 3. The summed E-state index contributed by atoms with van der Waals surface area (Å²) in [6.07, 6.45) is 0. The molecule has 3 aromatic rings. The normalized spacial score (nSPS) is 10.9. The maximum absolute atomic E-state index is 12.4. The molecule has 3 aromatic carbocycles. The number of carbonyl (C=O) groups is 1. The van der Waals surface area contributed by atoms with E-state index in [-0.39, 0.29) is 34.6 Å². The molecule has 1 amide bonds. The molecule has 8 heteroatoms. The molecule has 7 nitrogen and oxygen atoms in total. The van der Waals surface area contributed by atoms with Crippen molar-refractivity contribution in [3.05, 3.63) is 78.9 Å². The molecule has 0 aromatic heterocycles. The van der Waals surface area contributed by atoms with Crippen LogP contribution in [0.2, 0.25) is 0 Å². The van der Waals surface area contributed by atoms with Crippen molar-refractivity contribution in [1.29, 1.82) is 0 Å². The summed E-state index contributed by atoms with van der Waals surface area (Å²) in [6, 6.07) is 21.0. The summed E-state index contributed by atoms with van der Waals surface area (Å²) < 4.78 is 35.1. The number of nitrogen functional groups attached to an aromatic ring is 1. The van der Waals surface area contributed by atoms with Crippen molar-refractivity contribution >= 4 is 27.4 Å². The van der Waals surface area contributed by atoms with Crippen molar-refractivity contribution in [2.24, 2.45) is 0 Å². The highest BCUT2D eigenvalue weighted by atomic mass is 32.2. The number of nitrogens with two attached hydrogens (primary N) is 1. The van der Waals surface area contributed by atoms with E-state index in [0.717, 1.165) is 0 Å². The minimum Gasteiger partial charge on any atom is -0.482 e. The fourth-order valence-corrected chi connectivity index (χ4v) is 3.29. The van der Waals surface area contributed by atoms with Gasteiger partial charge in [-0.3, -0.25) is 4.79 Å². The van der Waals surface area contributed by atoms with Gasteiger partial charge in [0.05, 0.1) is 5.69 Å². The second-order valence-corrected chi connectivity index (χ2v) is 7.30. The van der Waals surface area contributed by atoms with Crippen LogP contribution < -0.4 is 20.0 Å². The van der Waals surface area contributed by atoms with E-state index < -0.39 is 10.1 Å². The molecule has 0 heterocycles. The fourth-order valence-electron chi connectivity index (χ4n) is 2.33. The molecule has 3 N–H and O–H groups in total. The third kappa shape index (κ3) is 5.01. The Morgan fingerprint density at radius 1 is 0.929 bits per heavy atom. The number of anilines is 2. The molecule has 0 aliphatic rings. The van der Waals surface area contributed by atoms with E-state index in [1.165, 1.54) is 30.3 Å². The Kier molecular flexibility index (Phi) is 5.81. The van der Waals surface area contributed by atoms with Crippen LogP contribution in [0.3, 0.4) is 0 Å². The van der Waals surface area contributed by atoms with Crippen LogP contribution in [0.4, 0.5) is 11.4 Å². The van der Waals surface area contributed by atoms with Gasteiger partial charge >= 0.3 is 10.1 Å². The number of carbonyl (C=O) groups excluding carboxylic acids is 1. The van der Waals surface area contributed by atoms with Crippen LogP contribution in [0.5, 0.6) is 11.5 Å². The van der Waals surface area contributed by atoms with Crippen LogP contribution in [0.1, 0.15) is 0 Å². The van der Waals surface area contributed by atoms with Crippen molar-refractivity contribution in [1.82, 2.24) is 0 Å². The first kappa shape index (κ1) is 19.2. The van der Waals surface area contributed by atoms with Crippen LogP contribution in [0, 0.1) is 0 Å². The fraction of sp³-hybridized carbons (Fsp3) is 0.0500. The Morgan fingerprint density at radius 3 is 2.21 bits per heavy atom. The van der Waals surface area contributed by atoms with Gasteiger partial charge in [0.15, 0.2) is 6.61 Å². The number of nitrogens with one attached hydrogen (secondary N) is 1. The first-order valence-corrected chi connectivity index (χ1v) is 9.72. The number of rotatable bonds is 7. The molecule has 3 rings (SSSR count). The van der Waals surface area contributed by atoms with Gasteiger partial charge in [-0.1, -0.05) is 36.4 Å². The van der Waals surface area contributed by atoms with Gasteiger partial charge in [-0.15, -0.1) is 0 Å². The second kappa shape index (κ2) is 8.45. The third-order valence-corrected chi connectivity index (χ3v) is 4.88. The molecule has 0 unspecified atom stereocenters. The van der Waals surface area contributed by atoms with Crippen molar-refractivity contribution in [3.63, 3.8) is 0 Å². The van der Waals surface area contributed by atoms with E-state index in [4.69, 9.17) is 14.7 Å². The van der Waals surface area contributed by atoms with Gasteiger partial charge in [-0.2, -0.15) is 8.42 Å². The summed E-state index contributed by atoms with van der Waals surface area (Å²) in [4.78, 5) is 11.8. The number of para-hydroxylation sites is 2. The molecule has 0 radical (unpaired) electrons. The highest BCUT2D eigenvalue weighted by Crippen LogP contribution is 2.26. The summed E-state index contributed by atoms with van der Waals surface area (Å²) in [5.74, 6) is 0.0237. The van der Waals surface area contributed by atoms with E-state index in [1.807, 2.05) is 6.07 Å². The SMILES string of the molecule is Nc1cc(S(=O)(=O)Oc2ccccc2)ccc1OCC(=O)Nc1ccccc1. The maximum Gasteiger partial charge on any atom is 0.339 e. The minimum atomic E-state index is -4.04. The zero-order chi connectivity index (χ0) is 20.0. The predicted molar refractivity (Wildman–Crippen MR) is 106 cm³/mol. The van der Waals surface area contributed by atoms with Crippen LogP contribution in [0.15, 0.2) is 83.8 Å². The van der Waals surface area contributed by atoms with E-state index in [9.17, 15) is 13.2 Å². The summed E-state index contributed by atoms with van der Waals surface area (Å²) in [6.45, 7) is -0.272. The van der Waals surface area contributed by atoms with Crippen LogP contribution in [0.25, 0.3) is 0 Å². The molecule has 0 spiro atoms. The molecule has 0 saturated carbocycles. The van der Waals surface area contributed by atoms with Crippen molar-refractivity contribution < 1.29 is 22.1 Å². The minimum absolute atomic E-state index is 0.0743. The topological polar surface area (TPSA) is 108 Å². The lowest BCUT2D eigenvalue weighted by atomic mass is 10.3. The number of ether oxygens (including phenoxy) is 1. The summed E-state index contributed by atoms with van der Waals surface area (Å²) in [7, 11) is -4.04. The van der Waals surface area contributed by atoms with Gasteiger partial charge in [-0.05, 0) is 42.5 Å².